The predicted octanol–water partition coefficient (Wildman–Crippen LogP) is 4.12. The number of rotatable bonds is 5. The van der Waals surface area contributed by atoms with Crippen molar-refractivity contribution in [2.75, 3.05) is 7.11 Å². The van der Waals surface area contributed by atoms with Gasteiger partial charge in [0, 0.05) is 6.92 Å². The number of hydrogen-bond donors (Lipinski definition) is 1. The summed E-state index contributed by atoms with van der Waals surface area (Å²) < 4.78 is 25.1. The second kappa shape index (κ2) is 9.40. The van der Waals surface area contributed by atoms with Crippen molar-refractivity contribution in [3.8, 4) is 11.5 Å². The van der Waals surface area contributed by atoms with Gasteiger partial charge in [0.15, 0.2) is 16.7 Å². The molecule has 0 fully saturated rings. The van der Waals surface area contributed by atoms with E-state index < -0.39 is 5.91 Å². The Kier molecular flexibility index (Phi) is 6.91. The van der Waals surface area contributed by atoms with E-state index in [0.717, 1.165) is 26.5 Å². The van der Waals surface area contributed by atoms with Crippen molar-refractivity contribution in [1.82, 2.24) is 5.32 Å². The molecule has 0 spiro atoms. The molecule has 0 aliphatic carbocycles. The number of carbonyl (C=O) groups excluding carboxylic acids is 2. The van der Waals surface area contributed by atoms with Crippen LogP contribution in [-0.2, 0) is 16.2 Å². The summed E-state index contributed by atoms with van der Waals surface area (Å²) in [6.07, 6.45) is 1.68. The summed E-state index contributed by atoms with van der Waals surface area (Å²) in [5.74, 6) is 0.0567. The molecule has 1 heterocycles. The Morgan fingerprint density at radius 2 is 2.03 bits per heavy atom. The number of amidine groups is 1. The lowest BCUT2D eigenvalue weighted by Crippen LogP contribution is -2.23. The summed E-state index contributed by atoms with van der Waals surface area (Å²) in [6, 6.07) is 9.67. The summed E-state index contributed by atoms with van der Waals surface area (Å²) >= 11 is 3.22. The number of nitrogens with one attached hydrogen (secondary N) is 1. The van der Waals surface area contributed by atoms with Crippen molar-refractivity contribution >= 4 is 57.4 Å². The van der Waals surface area contributed by atoms with Crippen molar-refractivity contribution in [2.24, 2.45) is 4.99 Å². The van der Waals surface area contributed by atoms with Gasteiger partial charge in [0.2, 0.25) is 5.91 Å². The molecule has 0 atom stereocenters. The third kappa shape index (κ3) is 5.57. The zero-order valence-corrected chi connectivity index (χ0v) is 18.5. The van der Waals surface area contributed by atoms with Crippen molar-refractivity contribution in [2.45, 2.75) is 13.5 Å². The van der Waals surface area contributed by atoms with Gasteiger partial charge in [-0.15, -0.1) is 0 Å². The molecule has 0 unspecified atom stereocenters. The quantitative estimate of drug-likeness (QED) is 0.469. The summed E-state index contributed by atoms with van der Waals surface area (Å²) in [5.41, 5.74) is 1.56. The highest BCUT2D eigenvalue weighted by atomic mass is 127. The second-order valence-electron chi connectivity index (χ2n) is 5.96. The molecular weight excluding hydrogens is 510 g/mol. The van der Waals surface area contributed by atoms with E-state index in [0.29, 0.717) is 16.4 Å². The molecule has 1 N–H and O–H groups in total. The molecule has 0 saturated heterocycles. The number of amides is 2. The first-order chi connectivity index (χ1) is 13.9. The van der Waals surface area contributed by atoms with Crippen LogP contribution in [-0.4, -0.2) is 24.1 Å². The molecule has 6 nitrogen and oxygen atoms in total. The van der Waals surface area contributed by atoms with Crippen LogP contribution in [0.5, 0.6) is 11.5 Å². The first kappa shape index (κ1) is 21.3. The Morgan fingerprint density at radius 1 is 1.31 bits per heavy atom. The maximum absolute atomic E-state index is 13.0. The molecule has 1 aliphatic heterocycles. The van der Waals surface area contributed by atoms with Gasteiger partial charge in [-0.3, -0.25) is 9.59 Å². The van der Waals surface area contributed by atoms with E-state index in [1.165, 1.54) is 26.2 Å². The molecule has 150 valence electrons. The van der Waals surface area contributed by atoms with Crippen molar-refractivity contribution in [3.63, 3.8) is 0 Å². The fourth-order valence-electron chi connectivity index (χ4n) is 2.46. The highest BCUT2D eigenvalue weighted by Gasteiger charge is 2.23. The van der Waals surface area contributed by atoms with Crippen molar-refractivity contribution in [1.29, 1.82) is 0 Å². The molecule has 0 radical (unpaired) electrons. The van der Waals surface area contributed by atoms with Crippen LogP contribution in [0.1, 0.15) is 18.1 Å². The van der Waals surface area contributed by atoms with Crippen LogP contribution in [0.2, 0.25) is 0 Å². The lowest BCUT2D eigenvalue weighted by atomic mass is 10.2. The van der Waals surface area contributed by atoms with Crippen LogP contribution >= 0.6 is 34.4 Å². The second-order valence-corrected chi connectivity index (χ2v) is 8.16. The highest BCUT2D eigenvalue weighted by molar-refractivity contribution is 14.1. The van der Waals surface area contributed by atoms with Gasteiger partial charge in [0.25, 0.3) is 5.91 Å². The lowest BCUT2D eigenvalue weighted by molar-refractivity contribution is -0.117. The molecule has 9 heteroatoms. The molecule has 1 aliphatic rings. The smallest absolute Gasteiger partial charge is 0.286 e. The van der Waals surface area contributed by atoms with Crippen LogP contribution in [0.15, 0.2) is 46.3 Å². The van der Waals surface area contributed by atoms with Crippen molar-refractivity contribution < 1.29 is 23.5 Å². The van der Waals surface area contributed by atoms with Crippen LogP contribution in [0.4, 0.5) is 4.39 Å². The molecule has 0 bridgehead atoms. The molecule has 3 rings (SSSR count). The Labute approximate surface area is 184 Å². The number of aliphatic imine (C=N–C) groups is 1. The largest absolute Gasteiger partial charge is 0.493 e. The van der Waals surface area contributed by atoms with Gasteiger partial charge in [-0.25, -0.2) is 4.39 Å². The van der Waals surface area contributed by atoms with E-state index in [2.05, 4.69) is 32.9 Å². The number of halogens is 2. The number of nitrogens with zero attached hydrogens (tertiary/aromatic N) is 1. The number of thioether (sulfide) groups is 1. The summed E-state index contributed by atoms with van der Waals surface area (Å²) in [6.45, 7) is 1.61. The zero-order chi connectivity index (χ0) is 21.0. The van der Waals surface area contributed by atoms with Gasteiger partial charge >= 0.3 is 0 Å². The van der Waals surface area contributed by atoms with E-state index >= 15 is 0 Å². The summed E-state index contributed by atoms with van der Waals surface area (Å²) in [4.78, 5) is 27.4. The fraction of sp³-hybridized carbons (Fsp3) is 0.150. The van der Waals surface area contributed by atoms with E-state index in [1.807, 2.05) is 6.07 Å². The van der Waals surface area contributed by atoms with Gasteiger partial charge < -0.3 is 14.8 Å². The Hall–Kier alpha value is -2.40. The molecule has 2 aromatic rings. The monoisotopic (exact) mass is 526 g/mol. The molecule has 0 saturated carbocycles. The Morgan fingerprint density at radius 3 is 2.69 bits per heavy atom. The van der Waals surface area contributed by atoms with Gasteiger partial charge in [-0.2, -0.15) is 4.99 Å². The average molecular weight is 526 g/mol. The fourth-order valence-corrected chi connectivity index (χ4v) is 4.10. The number of benzene rings is 2. The van der Waals surface area contributed by atoms with Crippen molar-refractivity contribution in [3.05, 3.63) is 61.8 Å². The lowest BCUT2D eigenvalue weighted by Gasteiger charge is -2.14. The average Bonchev–Trinajstić information content (AvgIpc) is 2.99. The van der Waals surface area contributed by atoms with Crippen LogP contribution < -0.4 is 14.8 Å². The van der Waals surface area contributed by atoms with Crippen LogP contribution in [0.25, 0.3) is 6.08 Å². The van der Waals surface area contributed by atoms with E-state index in [4.69, 9.17) is 9.47 Å². The van der Waals surface area contributed by atoms with E-state index in [-0.39, 0.29) is 23.5 Å². The van der Waals surface area contributed by atoms with Gasteiger partial charge in [-0.05, 0) is 75.8 Å². The third-order valence-corrected chi connectivity index (χ3v) is 5.45. The maximum Gasteiger partial charge on any atom is 0.286 e. The first-order valence-corrected chi connectivity index (χ1v) is 10.3. The highest BCUT2D eigenvalue weighted by Crippen LogP contribution is 2.36. The summed E-state index contributed by atoms with van der Waals surface area (Å²) in [5, 5.41) is 2.77. The van der Waals surface area contributed by atoms with E-state index in [9.17, 15) is 14.0 Å². The first-order valence-electron chi connectivity index (χ1n) is 8.40. The van der Waals surface area contributed by atoms with Crippen LogP contribution in [0.3, 0.4) is 0 Å². The molecular formula is C20H16FIN2O4S. The van der Waals surface area contributed by atoms with Gasteiger partial charge in [-0.1, -0.05) is 12.1 Å². The minimum Gasteiger partial charge on any atom is -0.493 e. The molecule has 2 aromatic carbocycles. The zero-order valence-electron chi connectivity index (χ0n) is 15.5. The van der Waals surface area contributed by atoms with E-state index in [1.54, 1.807) is 24.3 Å². The summed E-state index contributed by atoms with van der Waals surface area (Å²) in [7, 11) is 1.53. The molecule has 29 heavy (non-hydrogen) atoms. The maximum atomic E-state index is 13.0. The molecule has 0 aromatic heterocycles. The Balaban J connectivity index is 1.79. The minimum atomic E-state index is -0.413. The number of ether oxygens (including phenoxy) is 2. The van der Waals surface area contributed by atoms with Gasteiger partial charge in [0.1, 0.15) is 12.4 Å². The minimum absolute atomic E-state index is 0.259. The standard InChI is InChI=1S/C20H16FIN2O4S/c1-11(25)23-20-24-19(26)17(29-20)9-13-7-15(22)18(16(8-13)27-2)28-10-12-3-5-14(21)6-4-12/h3-9H,10H2,1-2H3,(H,23,24,25,26)/b17-9-. The SMILES string of the molecule is COc1cc(/C=C2\SC(NC(C)=O)=NC2=O)cc(I)c1OCc1ccc(F)cc1. The molecule has 2 amide bonds. The number of hydrogen-bond acceptors (Lipinski definition) is 5. The normalized spacial score (nSPS) is 14.7. The number of carbonyl (C=O) groups is 2. The van der Waals surface area contributed by atoms with Crippen LogP contribution in [0, 0.1) is 9.39 Å². The predicted molar refractivity (Wildman–Crippen MR) is 118 cm³/mol. The van der Waals surface area contributed by atoms with Gasteiger partial charge in [0.05, 0.1) is 15.6 Å². The Bertz CT molecular complexity index is 1020. The number of methoxy groups -OCH3 is 1. The topological polar surface area (TPSA) is 77.0 Å². The third-order valence-electron chi connectivity index (χ3n) is 3.75.